The van der Waals surface area contributed by atoms with Crippen LogP contribution < -0.4 is 15.7 Å². The molecule has 4 aliphatic rings. The second kappa shape index (κ2) is 35.3. The number of esters is 4. The molecule has 0 amide bonds. The van der Waals surface area contributed by atoms with Crippen LogP contribution in [0.3, 0.4) is 0 Å². The Morgan fingerprint density at radius 1 is 0.547 bits per heavy atom. The third kappa shape index (κ3) is 20.9. The molecule has 9 aromatic rings. The number of rotatable bonds is 19. The molecule has 4 fully saturated rings. The fourth-order valence-corrected chi connectivity index (χ4v) is 17.3. The van der Waals surface area contributed by atoms with Gasteiger partial charge in [-0.2, -0.15) is 4.98 Å². The van der Waals surface area contributed by atoms with Crippen LogP contribution in [-0.2, 0) is 44.1 Å². The molecule has 0 radical (unpaired) electrons. The average Bonchev–Trinajstić information content (AvgIpc) is 1.55. The Kier molecular flexibility index (Phi) is 26.1. The number of fused-ring (bicyclic) bond motifs is 1. The number of carbonyl (C=O) groups is 4. The fraction of sp³-hybridized carbons (Fsp3) is 0.286. The van der Waals surface area contributed by atoms with E-state index in [1.54, 1.807) is 104 Å². The van der Waals surface area contributed by atoms with E-state index in [9.17, 15) is 28.8 Å². The van der Waals surface area contributed by atoms with Crippen LogP contribution in [0.5, 0.6) is 5.88 Å². The van der Waals surface area contributed by atoms with Crippen molar-refractivity contribution >= 4 is 66.6 Å². The van der Waals surface area contributed by atoms with Gasteiger partial charge in [0.15, 0.2) is 27.9 Å². The van der Waals surface area contributed by atoms with E-state index in [1.807, 2.05) is 107 Å². The monoisotopic (exact) mass is 1500 g/mol. The van der Waals surface area contributed by atoms with E-state index in [-0.39, 0.29) is 52.6 Å². The summed E-state index contributed by atoms with van der Waals surface area (Å²) in [6.07, 6.45) is 20.5. The van der Waals surface area contributed by atoms with Crippen molar-refractivity contribution < 1.29 is 56.8 Å². The summed E-state index contributed by atoms with van der Waals surface area (Å²) >= 11 is 3.03. The Bertz CT molecular complexity index is 4780. The predicted molar refractivity (Wildman–Crippen MR) is 414 cm³/mol. The maximum absolute atomic E-state index is 12.7. The second-order valence-corrected chi connectivity index (χ2v) is 36.2. The lowest BCUT2D eigenvalue weighted by Crippen LogP contribution is -2.37. The Morgan fingerprint density at radius 2 is 0.962 bits per heavy atom. The van der Waals surface area contributed by atoms with Crippen molar-refractivity contribution in [1.29, 1.82) is 0 Å². The normalized spacial score (nSPS) is 22.2. The number of hydrogen-bond donors (Lipinski definition) is 1. The summed E-state index contributed by atoms with van der Waals surface area (Å²) < 4.78 is 47.9. The second-order valence-electron chi connectivity index (χ2n) is 26.9. The van der Waals surface area contributed by atoms with Gasteiger partial charge < -0.3 is 37.6 Å². The maximum atomic E-state index is 12.7. The van der Waals surface area contributed by atoms with Gasteiger partial charge in [-0.15, -0.1) is 42.8 Å². The minimum Gasteiger partial charge on any atom is -0.531 e. The minimum absolute atomic E-state index is 0.106. The lowest BCUT2D eigenvalue weighted by molar-refractivity contribution is -0.133. The predicted octanol–water partition coefficient (Wildman–Crippen LogP) is 14.4. The van der Waals surface area contributed by atoms with Crippen molar-refractivity contribution in [3.05, 3.63) is 283 Å². The Morgan fingerprint density at radius 3 is 1.40 bits per heavy atom. The zero-order chi connectivity index (χ0) is 75.8. The van der Waals surface area contributed by atoms with Crippen molar-refractivity contribution in [1.82, 2.24) is 19.5 Å². The highest BCUT2D eigenvalue weighted by Crippen LogP contribution is 2.54. The zero-order valence-corrected chi connectivity index (χ0v) is 63.8. The number of aromatic nitrogens is 4. The maximum Gasteiger partial charge on any atom is 0.340 e. The Hall–Kier alpha value is -10.2. The molecule has 0 saturated carbocycles. The number of aryl methyl sites for hydroxylation is 6. The molecule has 0 bridgehead atoms. The number of ether oxygens (including phenoxy) is 7. The number of benzene rings is 7. The number of H-pyrrole nitrogens is 1. The summed E-state index contributed by atoms with van der Waals surface area (Å²) in [5.41, 5.74) is 2.55. The average molecular weight is 1500 g/mol. The van der Waals surface area contributed by atoms with Crippen LogP contribution in [0.15, 0.2) is 231 Å². The van der Waals surface area contributed by atoms with Gasteiger partial charge in [0.25, 0.3) is 11.0 Å². The summed E-state index contributed by atoms with van der Waals surface area (Å²) in [6, 6.07) is 59.5. The van der Waals surface area contributed by atoms with Gasteiger partial charge in [0, 0.05) is 52.6 Å². The van der Waals surface area contributed by atoms with Crippen LogP contribution in [0.25, 0.3) is 0 Å². The molecule has 2 aromatic heterocycles. The highest BCUT2D eigenvalue weighted by Gasteiger charge is 2.75. The van der Waals surface area contributed by atoms with Gasteiger partial charge in [-0.3, -0.25) is 14.3 Å². The summed E-state index contributed by atoms with van der Waals surface area (Å²) in [5.74, 6) is 7.66. The topological polar surface area (TPSA) is 223 Å². The molecule has 4 aliphatic heterocycles. The minimum atomic E-state index is -1.54. The summed E-state index contributed by atoms with van der Waals surface area (Å²) in [5, 5.41) is -0.131. The quantitative estimate of drug-likeness (QED) is 0.0198. The number of thioether (sulfide) groups is 2. The first-order chi connectivity index (χ1) is 50.8. The molecule has 10 atom stereocenters. The Labute approximate surface area is 630 Å². The van der Waals surface area contributed by atoms with E-state index >= 15 is 0 Å². The van der Waals surface area contributed by atoms with Crippen molar-refractivity contribution in [2.24, 2.45) is 0 Å². The first kappa shape index (κ1) is 78.4. The van der Waals surface area contributed by atoms with E-state index in [2.05, 4.69) is 83.5 Å². The van der Waals surface area contributed by atoms with E-state index in [0.29, 0.717) is 45.9 Å². The van der Waals surface area contributed by atoms with E-state index in [1.165, 1.54) is 44.7 Å². The number of aromatic amines is 1. The van der Waals surface area contributed by atoms with Crippen molar-refractivity contribution in [3.63, 3.8) is 0 Å². The molecule has 22 heteroatoms. The van der Waals surface area contributed by atoms with Gasteiger partial charge in [0.2, 0.25) is 25.7 Å². The molecular formula is C84H83N4O14S3Si+. The molecule has 0 aliphatic carbocycles. The summed E-state index contributed by atoms with van der Waals surface area (Å²) in [7, 11) is -1.43. The molecule has 6 heterocycles. The highest BCUT2D eigenvalue weighted by atomic mass is 32.2. The van der Waals surface area contributed by atoms with E-state index in [4.69, 9.17) is 56.9 Å². The molecule has 18 nitrogen and oxygen atoms in total. The SMILES string of the molecule is C#C[C@@]1(COC(=O)c2ccccc2)C[C@@H](Sc2ccc(C)cc2)[C@@H](OC(=O)c2ccccc2)O1.C#C[C@@]1(COC(=O)c2ccccc2)C[C@@H](Sc2ccc(C)cc2)[C@H](n2cc(C)c(=O)[nH]c2=O)O1.C#C[C@@]1(COC(=O)c2ccccc2)C[C@@H]2[C@H](O1)[S+]2c1ccc(C)cc1.Cc1ncc(C)c(O[Si](C)(C)C)n1. The smallest absolute Gasteiger partial charge is 0.340 e. The molecule has 106 heavy (non-hydrogen) atoms. The van der Waals surface area contributed by atoms with Crippen molar-refractivity contribution in [3.8, 4) is 42.9 Å². The van der Waals surface area contributed by atoms with E-state index < -0.39 is 66.8 Å². The summed E-state index contributed by atoms with van der Waals surface area (Å²) in [4.78, 5) is 88.4. The fourth-order valence-electron chi connectivity index (χ4n) is 11.4. The van der Waals surface area contributed by atoms with Crippen LogP contribution in [0, 0.1) is 78.6 Å². The molecule has 544 valence electrons. The number of hydrogen-bond acceptors (Lipinski definition) is 18. The van der Waals surface area contributed by atoms with Crippen molar-refractivity contribution in [2.45, 2.75) is 146 Å². The number of nitrogens with zero attached hydrogens (tertiary/aromatic N) is 3. The van der Waals surface area contributed by atoms with Crippen molar-refractivity contribution in [2.75, 3.05) is 19.8 Å². The molecule has 13 rings (SSSR count). The number of terminal acetylenes is 3. The third-order valence-corrected chi connectivity index (χ3v) is 23.0. The molecule has 1 N–H and O–H groups in total. The summed E-state index contributed by atoms with van der Waals surface area (Å²) in [6.45, 7) is 17.8. The molecule has 1 unspecified atom stereocenters. The third-order valence-electron chi connectivity index (χ3n) is 17.2. The van der Waals surface area contributed by atoms with Gasteiger partial charge in [-0.25, -0.2) is 29.0 Å². The van der Waals surface area contributed by atoms with Gasteiger partial charge >= 0.3 is 29.6 Å². The standard InChI is InChI=1S/C28H24O5S.C26H24N2O5S.C21H19O3S.C9H16N2OSi/c1-3-28(19-31-25(29)21-10-6-4-7-11-21)18-24(34-23-16-14-20(2)15-17-23)27(33-28)32-26(30)22-12-8-5-9-13-22;1-4-26(16-32-24(30)19-8-6-5-7-9-19)14-21(34-20-12-10-17(2)11-13-20)23(33-26)28-15-18(3)22(29)27-25(28)31;1-3-21(14-23-19(22)16-7-5-4-6-8-16)13-18-20(24-21)25(18)17-11-9-15(2)10-12-17;1-7-6-10-8(2)11-9(7)12-13(3,4)5/h1,4-17,24,27H,18-19H2,2H3;1,5-13,15,21,23H,14,16H2,2-3H3,(H,27,29,31);1,4-12,18,20H,13-14H2,2H3;6H,1-5H3/q;;+1;/t24-,27+,28+;21-,23-,26+;18-,20-,21+,25?;/m111./s1. The van der Waals surface area contributed by atoms with E-state index in [0.717, 1.165) is 44.6 Å². The van der Waals surface area contributed by atoms with Crippen LogP contribution in [-0.4, -0.2) is 116 Å². The van der Waals surface area contributed by atoms with Gasteiger partial charge in [0.1, 0.15) is 25.6 Å². The zero-order valence-electron chi connectivity index (χ0n) is 60.4. The van der Waals surface area contributed by atoms with Crippen LogP contribution >= 0.6 is 23.5 Å². The number of nitrogens with one attached hydrogen (secondary N) is 1. The first-order valence-corrected chi connectivity index (χ1v) is 40.8. The van der Waals surface area contributed by atoms with Crippen LogP contribution in [0.2, 0.25) is 19.6 Å². The molecule has 0 spiro atoms. The first-order valence-electron chi connectivity index (χ1n) is 34.2. The largest absolute Gasteiger partial charge is 0.531 e. The highest BCUT2D eigenvalue weighted by molar-refractivity contribution is 8.05. The van der Waals surface area contributed by atoms with Gasteiger partial charge in [-0.05, 0) is 146 Å². The lowest BCUT2D eigenvalue weighted by atomic mass is 10.0. The van der Waals surface area contributed by atoms with Crippen LogP contribution in [0.1, 0.15) is 101 Å². The lowest BCUT2D eigenvalue weighted by Gasteiger charge is -2.24. The van der Waals surface area contributed by atoms with Gasteiger partial charge in [-0.1, -0.05) is 144 Å². The molecule has 4 saturated heterocycles. The number of carbonyl (C=O) groups excluding carboxylic acids is 4. The molecule has 7 aromatic carbocycles. The van der Waals surface area contributed by atoms with Crippen LogP contribution in [0.4, 0.5) is 0 Å². The Balaban J connectivity index is 0.000000158. The van der Waals surface area contributed by atoms with Gasteiger partial charge in [0.05, 0.1) is 43.6 Å². The molecular weight excluding hydrogens is 1410 g/mol.